The first-order valence-electron chi connectivity index (χ1n) is 7.52. The van der Waals surface area contributed by atoms with E-state index in [1.54, 1.807) is 0 Å². The van der Waals surface area contributed by atoms with Gasteiger partial charge in [0.05, 0.1) is 0 Å². The molecule has 2 aliphatic carbocycles. The second-order valence-electron chi connectivity index (χ2n) is 6.04. The van der Waals surface area contributed by atoms with Gasteiger partial charge in [0.1, 0.15) is 0 Å². The van der Waals surface area contributed by atoms with Crippen molar-refractivity contribution < 1.29 is 0 Å². The van der Waals surface area contributed by atoms with Crippen LogP contribution in [0.5, 0.6) is 0 Å². The summed E-state index contributed by atoms with van der Waals surface area (Å²) < 4.78 is 0. The lowest BCUT2D eigenvalue weighted by Gasteiger charge is -2.52. The predicted octanol–water partition coefficient (Wildman–Crippen LogP) is 3.33. The predicted molar refractivity (Wildman–Crippen MR) is 74.5 cm³/mol. The van der Waals surface area contributed by atoms with Gasteiger partial charge in [-0.05, 0) is 43.2 Å². The molecule has 1 heterocycles. The van der Waals surface area contributed by atoms with Crippen LogP contribution in [0.1, 0.15) is 50.6 Å². The lowest BCUT2D eigenvalue weighted by atomic mass is 9.57. The highest BCUT2D eigenvalue weighted by Gasteiger charge is 2.46. The molecular weight excluding hydrogens is 220 g/mol. The molecule has 18 heavy (non-hydrogen) atoms. The third-order valence-electron chi connectivity index (χ3n) is 5.02. The molecule has 1 aromatic heterocycles. The van der Waals surface area contributed by atoms with Crippen LogP contribution in [0.3, 0.4) is 0 Å². The topological polar surface area (TPSA) is 24.9 Å². The fourth-order valence-electron chi connectivity index (χ4n) is 3.79. The second-order valence-corrected chi connectivity index (χ2v) is 6.04. The molecule has 2 fully saturated rings. The molecule has 2 nitrogen and oxygen atoms in total. The van der Waals surface area contributed by atoms with E-state index in [1.165, 1.54) is 50.6 Å². The van der Waals surface area contributed by atoms with E-state index in [0.29, 0.717) is 5.41 Å². The maximum atomic E-state index is 4.38. The van der Waals surface area contributed by atoms with Crippen LogP contribution < -0.4 is 5.32 Å². The Morgan fingerprint density at radius 3 is 2.72 bits per heavy atom. The molecule has 0 aliphatic heterocycles. The average molecular weight is 244 g/mol. The van der Waals surface area contributed by atoms with Gasteiger partial charge in [-0.25, -0.2) is 0 Å². The van der Waals surface area contributed by atoms with Gasteiger partial charge in [-0.2, -0.15) is 0 Å². The van der Waals surface area contributed by atoms with E-state index >= 15 is 0 Å². The van der Waals surface area contributed by atoms with Crippen molar-refractivity contribution in [1.82, 2.24) is 10.3 Å². The van der Waals surface area contributed by atoms with E-state index in [0.717, 1.165) is 19.0 Å². The Kier molecular flexibility index (Phi) is 3.64. The zero-order valence-corrected chi connectivity index (χ0v) is 11.2. The fourth-order valence-corrected chi connectivity index (χ4v) is 3.79. The first kappa shape index (κ1) is 12.2. The summed E-state index contributed by atoms with van der Waals surface area (Å²) in [6.45, 7) is 1.09. The van der Waals surface area contributed by atoms with E-state index in [2.05, 4.69) is 22.4 Å². The maximum absolute atomic E-state index is 4.38. The highest BCUT2D eigenvalue weighted by molar-refractivity contribution is 5.05. The highest BCUT2D eigenvalue weighted by Crippen LogP contribution is 2.51. The summed E-state index contributed by atoms with van der Waals surface area (Å²) in [5, 5.41) is 3.79. The minimum atomic E-state index is 0.683. The molecule has 1 spiro atoms. The SMILES string of the molecule is c1ccc(CCNC2CCC23CCCCC3)nc1. The monoisotopic (exact) mass is 244 g/mol. The Labute approximate surface area is 110 Å². The molecule has 1 aromatic rings. The lowest BCUT2D eigenvalue weighted by Crippen LogP contribution is -2.54. The van der Waals surface area contributed by atoms with Gasteiger partial charge in [-0.1, -0.05) is 25.3 Å². The van der Waals surface area contributed by atoms with Crippen LogP contribution in [0, 0.1) is 5.41 Å². The third kappa shape index (κ3) is 2.44. The molecule has 1 atom stereocenters. The summed E-state index contributed by atoms with van der Waals surface area (Å²) in [7, 11) is 0. The first-order valence-corrected chi connectivity index (χ1v) is 7.52. The number of rotatable bonds is 4. The van der Waals surface area contributed by atoms with Gasteiger partial charge in [-0.15, -0.1) is 0 Å². The molecule has 3 rings (SSSR count). The minimum Gasteiger partial charge on any atom is -0.313 e. The van der Waals surface area contributed by atoms with Crippen molar-refractivity contribution in [2.75, 3.05) is 6.54 Å². The third-order valence-corrected chi connectivity index (χ3v) is 5.02. The van der Waals surface area contributed by atoms with Crippen molar-refractivity contribution in [3.8, 4) is 0 Å². The normalized spacial score (nSPS) is 25.9. The summed E-state index contributed by atoms with van der Waals surface area (Å²) in [5.74, 6) is 0. The van der Waals surface area contributed by atoms with Gasteiger partial charge in [0.15, 0.2) is 0 Å². The van der Waals surface area contributed by atoms with Crippen LogP contribution in [0.4, 0.5) is 0 Å². The zero-order valence-electron chi connectivity index (χ0n) is 11.2. The van der Waals surface area contributed by atoms with Crippen LogP contribution in [0.2, 0.25) is 0 Å². The fraction of sp³-hybridized carbons (Fsp3) is 0.688. The number of nitrogens with zero attached hydrogens (tertiary/aromatic N) is 1. The van der Waals surface area contributed by atoms with Crippen LogP contribution in [-0.2, 0) is 6.42 Å². The van der Waals surface area contributed by atoms with E-state index in [9.17, 15) is 0 Å². The van der Waals surface area contributed by atoms with Gasteiger partial charge >= 0.3 is 0 Å². The average Bonchev–Trinajstić information content (AvgIpc) is 2.44. The lowest BCUT2D eigenvalue weighted by molar-refractivity contribution is 0.0236. The van der Waals surface area contributed by atoms with E-state index in [1.807, 2.05) is 12.3 Å². The molecule has 0 radical (unpaired) electrons. The quantitative estimate of drug-likeness (QED) is 0.879. The number of pyridine rings is 1. The van der Waals surface area contributed by atoms with Crippen molar-refractivity contribution in [2.24, 2.45) is 5.41 Å². The number of hydrogen-bond acceptors (Lipinski definition) is 2. The van der Waals surface area contributed by atoms with Crippen molar-refractivity contribution in [3.63, 3.8) is 0 Å². The summed E-state index contributed by atoms with van der Waals surface area (Å²) in [6.07, 6.45) is 13.1. The highest BCUT2D eigenvalue weighted by atomic mass is 15.0. The molecule has 0 saturated heterocycles. The number of nitrogens with one attached hydrogen (secondary N) is 1. The Morgan fingerprint density at radius 1 is 1.17 bits per heavy atom. The molecule has 2 heteroatoms. The standard InChI is InChI=1S/C16H24N2/c1-3-9-16(10-4-1)11-7-15(16)18-13-8-14-6-2-5-12-17-14/h2,5-6,12,15,18H,1,3-4,7-11,13H2. The van der Waals surface area contributed by atoms with Gasteiger partial charge in [0, 0.05) is 30.9 Å². The van der Waals surface area contributed by atoms with Gasteiger partial charge in [0.25, 0.3) is 0 Å². The Bertz CT molecular complexity index is 368. The summed E-state index contributed by atoms with van der Waals surface area (Å²) >= 11 is 0. The summed E-state index contributed by atoms with van der Waals surface area (Å²) in [6, 6.07) is 6.98. The van der Waals surface area contributed by atoms with Gasteiger partial charge in [-0.3, -0.25) is 4.98 Å². The molecule has 2 aliphatic rings. The van der Waals surface area contributed by atoms with Crippen molar-refractivity contribution in [3.05, 3.63) is 30.1 Å². The van der Waals surface area contributed by atoms with Crippen LogP contribution >= 0.6 is 0 Å². The molecular formula is C16H24N2. The zero-order chi connectivity index (χ0) is 12.3. The Hall–Kier alpha value is -0.890. The molecule has 98 valence electrons. The van der Waals surface area contributed by atoms with E-state index < -0.39 is 0 Å². The second kappa shape index (κ2) is 5.40. The maximum Gasteiger partial charge on any atom is 0.0416 e. The van der Waals surface area contributed by atoms with Crippen molar-refractivity contribution >= 4 is 0 Å². The van der Waals surface area contributed by atoms with Crippen LogP contribution in [0.15, 0.2) is 24.4 Å². The smallest absolute Gasteiger partial charge is 0.0416 e. The van der Waals surface area contributed by atoms with Gasteiger partial charge < -0.3 is 5.32 Å². The van der Waals surface area contributed by atoms with Crippen LogP contribution in [0.25, 0.3) is 0 Å². The number of hydrogen-bond donors (Lipinski definition) is 1. The molecule has 0 aromatic carbocycles. The summed E-state index contributed by atoms with van der Waals surface area (Å²) in [4.78, 5) is 4.38. The first-order chi connectivity index (χ1) is 8.89. The van der Waals surface area contributed by atoms with Crippen molar-refractivity contribution in [1.29, 1.82) is 0 Å². The number of aromatic nitrogens is 1. The van der Waals surface area contributed by atoms with Crippen LogP contribution in [-0.4, -0.2) is 17.6 Å². The molecule has 1 N–H and O–H groups in total. The molecule has 1 unspecified atom stereocenters. The molecule has 0 bridgehead atoms. The molecule has 2 saturated carbocycles. The Balaban J connectivity index is 1.46. The molecule has 0 amide bonds. The van der Waals surface area contributed by atoms with Gasteiger partial charge in [0.2, 0.25) is 0 Å². The Morgan fingerprint density at radius 2 is 2.06 bits per heavy atom. The van der Waals surface area contributed by atoms with E-state index in [4.69, 9.17) is 0 Å². The summed E-state index contributed by atoms with van der Waals surface area (Å²) in [5.41, 5.74) is 1.89. The minimum absolute atomic E-state index is 0.683. The van der Waals surface area contributed by atoms with Crippen molar-refractivity contribution in [2.45, 2.75) is 57.4 Å². The van der Waals surface area contributed by atoms with E-state index in [-0.39, 0.29) is 0 Å². The largest absolute Gasteiger partial charge is 0.313 e.